The maximum atomic E-state index is 13.4. The van der Waals surface area contributed by atoms with E-state index in [1.165, 1.54) is 0 Å². The van der Waals surface area contributed by atoms with E-state index in [1.54, 1.807) is 48.5 Å². The second-order valence-electron chi connectivity index (χ2n) is 8.78. The molecule has 0 saturated carbocycles. The molecule has 0 bridgehead atoms. The van der Waals surface area contributed by atoms with Gasteiger partial charge >= 0.3 is 0 Å². The first kappa shape index (κ1) is 23.8. The molecule has 0 spiro atoms. The van der Waals surface area contributed by atoms with E-state index in [4.69, 9.17) is 0 Å². The Hall–Kier alpha value is -4.30. The molecule has 176 valence electrons. The number of benzene rings is 2. The fraction of sp³-hybridized carbons (Fsp3) is 0.333. The molecule has 2 atom stereocenters. The van der Waals surface area contributed by atoms with Gasteiger partial charge in [0.05, 0.1) is 35.3 Å². The van der Waals surface area contributed by atoms with E-state index in [9.17, 15) is 29.7 Å². The summed E-state index contributed by atoms with van der Waals surface area (Å²) in [6.07, 6.45) is 0.788. The highest BCUT2D eigenvalue weighted by Crippen LogP contribution is 2.47. The summed E-state index contributed by atoms with van der Waals surface area (Å²) >= 11 is 0. The minimum absolute atomic E-state index is 0.343. The van der Waals surface area contributed by atoms with E-state index in [1.807, 2.05) is 26.0 Å². The average Bonchev–Trinajstić information content (AvgIpc) is 3.35. The van der Waals surface area contributed by atoms with E-state index in [0.717, 1.165) is 33.8 Å². The van der Waals surface area contributed by atoms with Crippen LogP contribution in [0.2, 0.25) is 0 Å². The average molecular weight is 469 g/mol. The number of anilines is 2. The maximum absolute atomic E-state index is 13.4. The van der Waals surface area contributed by atoms with Crippen molar-refractivity contribution < 1.29 is 19.2 Å². The van der Waals surface area contributed by atoms with Crippen molar-refractivity contribution in [3.63, 3.8) is 0 Å². The molecular weight excluding hydrogens is 444 g/mol. The summed E-state index contributed by atoms with van der Waals surface area (Å²) in [5.74, 6) is -5.26. The van der Waals surface area contributed by atoms with Crippen LogP contribution in [0.15, 0.2) is 48.5 Å². The van der Waals surface area contributed by atoms with E-state index >= 15 is 0 Å². The van der Waals surface area contributed by atoms with Crippen LogP contribution in [0.25, 0.3) is 0 Å². The predicted molar refractivity (Wildman–Crippen MR) is 126 cm³/mol. The second-order valence-corrected chi connectivity index (χ2v) is 8.78. The molecule has 4 rings (SSSR count). The first-order valence-electron chi connectivity index (χ1n) is 11.5. The lowest BCUT2D eigenvalue weighted by Crippen LogP contribution is -2.44. The van der Waals surface area contributed by atoms with Gasteiger partial charge in [-0.2, -0.15) is 10.5 Å². The summed E-state index contributed by atoms with van der Waals surface area (Å²) in [6, 6.07) is 17.5. The van der Waals surface area contributed by atoms with Crippen LogP contribution in [0.4, 0.5) is 11.4 Å². The van der Waals surface area contributed by atoms with Crippen LogP contribution in [-0.4, -0.2) is 23.6 Å². The Kier molecular flexibility index (Phi) is 6.24. The molecule has 0 N–H and O–H groups in total. The normalized spacial score (nSPS) is 20.3. The van der Waals surface area contributed by atoms with Crippen molar-refractivity contribution in [2.24, 2.45) is 17.3 Å². The van der Waals surface area contributed by atoms with Gasteiger partial charge in [-0.25, -0.2) is 0 Å². The summed E-state index contributed by atoms with van der Waals surface area (Å²) in [5, 5.41) is 20.2. The number of amides is 4. The highest BCUT2D eigenvalue weighted by molar-refractivity contribution is 6.24. The van der Waals surface area contributed by atoms with Crippen molar-refractivity contribution >= 4 is 35.0 Å². The van der Waals surface area contributed by atoms with Gasteiger partial charge in [-0.05, 0) is 48.2 Å². The molecule has 0 aliphatic carbocycles. The van der Waals surface area contributed by atoms with Gasteiger partial charge in [0.2, 0.25) is 23.6 Å². The molecule has 4 amide bonds. The molecule has 2 aliphatic rings. The van der Waals surface area contributed by atoms with Crippen molar-refractivity contribution in [1.29, 1.82) is 10.5 Å². The van der Waals surface area contributed by atoms with Gasteiger partial charge in [0, 0.05) is 12.8 Å². The molecule has 2 aromatic carbocycles. The van der Waals surface area contributed by atoms with Crippen molar-refractivity contribution in [3.05, 3.63) is 59.7 Å². The number of nitrogens with zero attached hydrogens (tertiary/aromatic N) is 4. The van der Waals surface area contributed by atoms with Gasteiger partial charge in [-0.1, -0.05) is 38.1 Å². The molecule has 2 fully saturated rings. The molecule has 2 heterocycles. The Balaban J connectivity index is 1.68. The lowest BCUT2D eigenvalue weighted by Gasteiger charge is -2.28. The highest BCUT2D eigenvalue weighted by Gasteiger charge is 2.62. The molecular formula is C27H24N4O4. The van der Waals surface area contributed by atoms with Crippen LogP contribution < -0.4 is 9.80 Å². The number of hydrogen-bond acceptors (Lipinski definition) is 6. The number of aryl methyl sites for hydroxylation is 2. The van der Waals surface area contributed by atoms with Crippen LogP contribution in [0.5, 0.6) is 0 Å². The number of imide groups is 2. The fourth-order valence-corrected chi connectivity index (χ4v) is 4.86. The fourth-order valence-electron chi connectivity index (χ4n) is 4.86. The lowest BCUT2D eigenvalue weighted by atomic mass is 9.67. The Morgan fingerprint density at radius 3 is 1.34 bits per heavy atom. The van der Waals surface area contributed by atoms with Gasteiger partial charge in [-0.15, -0.1) is 0 Å². The highest BCUT2D eigenvalue weighted by atomic mass is 16.2. The van der Waals surface area contributed by atoms with Gasteiger partial charge < -0.3 is 0 Å². The summed E-state index contributed by atoms with van der Waals surface area (Å²) in [6.45, 7) is 3.96. The maximum Gasteiger partial charge on any atom is 0.240 e. The van der Waals surface area contributed by atoms with Crippen molar-refractivity contribution in [2.45, 2.75) is 39.5 Å². The third-order valence-electron chi connectivity index (χ3n) is 6.97. The Morgan fingerprint density at radius 1 is 0.714 bits per heavy atom. The smallest absolute Gasteiger partial charge is 0.240 e. The van der Waals surface area contributed by atoms with Crippen molar-refractivity contribution in [1.82, 2.24) is 0 Å². The molecule has 2 aromatic rings. The SMILES string of the molecule is CCc1ccc(N2C(=O)C[C@H](C(C#N)(C#N)[C@H]3CC(=O)N(c4ccc(CC)cc4)C3=O)C2=O)cc1. The summed E-state index contributed by atoms with van der Waals surface area (Å²) in [5.41, 5.74) is 0.576. The standard InChI is InChI=1S/C27H24N4O4/c1-3-17-5-9-19(10-6-17)30-23(32)13-21(25(30)34)27(15-28,16-29)22-14-24(33)31(26(22)35)20-11-7-18(4-2)8-12-20/h5-12,21-22H,3-4,13-14H2,1-2H3/t21-,22-/m0/s1. The summed E-state index contributed by atoms with van der Waals surface area (Å²) in [4.78, 5) is 54.4. The minimum Gasteiger partial charge on any atom is -0.274 e. The molecule has 2 saturated heterocycles. The van der Waals surface area contributed by atoms with Crippen molar-refractivity contribution in [3.8, 4) is 12.1 Å². The largest absolute Gasteiger partial charge is 0.274 e. The first-order chi connectivity index (χ1) is 16.8. The van der Waals surface area contributed by atoms with Gasteiger partial charge in [-0.3, -0.25) is 29.0 Å². The zero-order valence-electron chi connectivity index (χ0n) is 19.5. The third-order valence-corrected chi connectivity index (χ3v) is 6.97. The third kappa shape index (κ3) is 3.77. The van der Waals surface area contributed by atoms with Gasteiger partial charge in [0.25, 0.3) is 0 Å². The Bertz CT molecular complexity index is 1180. The topological polar surface area (TPSA) is 122 Å². The number of hydrogen-bond donors (Lipinski definition) is 0. The molecule has 0 aromatic heterocycles. The molecule has 0 radical (unpaired) electrons. The second kappa shape index (κ2) is 9.15. The van der Waals surface area contributed by atoms with E-state index < -0.39 is 53.7 Å². The number of nitriles is 2. The van der Waals surface area contributed by atoms with E-state index in [2.05, 4.69) is 0 Å². The zero-order valence-corrected chi connectivity index (χ0v) is 19.5. The van der Waals surface area contributed by atoms with E-state index in [0.29, 0.717) is 11.4 Å². The van der Waals surface area contributed by atoms with Gasteiger partial charge in [0.15, 0.2) is 5.41 Å². The summed E-state index contributed by atoms with van der Waals surface area (Å²) in [7, 11) is 0. The van der Waals surface area contributed by atoms with Crippen LogP contribution in [-0.2, 0) is 32.0 Å². The number of carbonyl (C=O) groups is 4. The van der Waals surface area contributed by atoms with Crippen LogP contribution in [0, 0.1) is 39.9 Å². The van der Waals surface area contributed by atoms with E-state index in [-0.39, 0.29) is 0 Å². The quantitative estimate of drug-likeness (QED) is 0.600. The van der Waals surface area contributed by atoms with Crippen LogP contribution in [0.1, 0.15) is 37.8 Å². The zero-order chi connectivity index (χ0) is 25.3. The Morgan fingerprint density at radius 2 is 1.06 bits per heavy atom. The Labute approximate surface area is 203 Å². The molecule has 0 unspecified atom stereocenters. The molecule has 8 nitrogen and oxygen atoms in total. The van der Waals surface area contributed by atoms with Gasteiger partial charge in [0.1, 0.15) is 0 Å². The predicted octanol–water partition coefficient (Wildman–Crippen LogP) is 3.30. The summed E-state index contributed by atoms with van der Waals surface area (Å²) < 4.78 is 0. The minimum atomic E-state index is -2.16. The van der Waals surface area contributed by atoms with Crippen molar-refractivity contribution in [2.75, 3.05) is 9.80 Å². The molecule has 8 heteroatoms. The molecule has 2 aliphatic heterocycles. The van der Waals surface area contributed by atoms with Crippen LogP contribution >= 0.6 is 0 Å². The monoisotopic (exact) mass is 468 g/mol. The molecule has 35 heavy (non-hydrogen) atoms. The first-order valence-corrected chi connectivity index (χ1v) is 11.5. The lowest BCUT2D eigenvalue weighted by molar-refractivity contribution is -0.126. The number of rotatable bonds is 6. The van der Waals surface area contributed by atoms with Crippen LogP contribution in [0.3, 0.4) is 0 Å². The number of carbonyl (C=O) groups excluding carboxylic acids is 4.